The van der Waals surface area contributed by atoms with Gasteiger partial charge in [0, 0.05) is 12.0 Å². The number of hydrogen-bond donors (Lipinski definition) is 1. The van der Waals surface area contributed by atoms with Crippen LogP contribution in [-0.2, 0) is 0 Å². The number of hydrogen-bond acceptors (Lipinski definition) is 1. The first-order valence-electron chi connectivity index (χ1n) is 6.74. The summed E-state index contributed by atoms with van der Waals surface area (Å²) < 4.78 is 5.48. The molecule has 0 bridgehead atoms. The number of rotatable bonds is 6. The van der Waals surface area contributed by atoms with Gasteiger partial charge in [0.05, 0.1) is 6.26 Å². The minimum Gasteiger partial charge on any atom is -0.463 e. The van der Waals surface area contributed by atoms with Crippen molar-refractivity contribution in [1.82, 2.24) is 0 Å². The van der Waals surface area contributed by atoms with Gasteiger partial charge in [0.1, 0.15) is 12.1 Å². The van der Waals surface area contributed by atoms with Crippen molar-refractivity contribution < 1.29 is 9.73 Å². The Kier molecular flexibility index (Phi) is 4.58. The van der Waals surface area contributed by atoms with Crippen LogP contribution in [0.25, 0.3) is 0 Å². The molecule has 0 aliphatic rings. The Morgan fingerprint density at radius 1 is 1.21 bits per heavy atom. The molecule has 0 saturated carbocycles. The molecule has 2 atom stereocenters. The van der Waals surface area contributed by atoms with Gasteiger partial charge in [-0.25, -0.2) is 0 Å². The second kappa shape index (κ2) is 6.39. The van der Waals surface area contributed by atoms with E-state index in [4.69, 9.17) is 4.42 Å². The molecule has 2 heteroatoms. The highest BCUT2D eigenvalue weighted by molar-refractivity contribution is 5.18. The van der Waals surface area contributed by atoms with Crippen LogP contribution in [0.4, 0.5) is 0 Å². The van der Waals surface area contributed by atoms with Crippen LogP contribution >= 0.6 is 0 Å². The van der Waals surface area contributed by atoms with E-state index in [9.17, 15) is 0 Å². The molecular weight excluding hydrogens is 234 g/mol. The molecule has 19 heavy (non-hydrogen) atoms. The molecule has 2 aromatic rings. The van der Waals surface area contributed by atoms with Crippen molar-refractivity contribution in [3.05, 3.63) is 72.2 Å². The fraction of sp³-hybridized carbons (Fsp3) is 0.294. The summed E-state index contributed by atoms with van der Waals surface area (Å²) in [5.74, 6) is 1.02. The molecule has 0 aliphatic heterocycles. The van der Waals surface area contributed by atoms with Crippen LogP contribution in [0.2, 0.25) is 0 Å². The van der Waals surface area contributed by atoms with Crippen LogP contribution in [-0.4, -0.2) is 0 Å². The molecule has 0 unspecified atom stereocenters. The zero-order valence-electron chi connectivity index (χ0n) is 11.7. The summed E-state index contributed by atoms with van der Waals surface area (Å²) in [6, 6.07) is 15.3. The lowest BCUT2D eigenvalue weighted by molar-refractivity contribution is -0.732. The average Bonchev–Trinajstić information content (AvgIpc) is 2.92. The minimum absolute atomic E-state index is 0.305. The molecule has 0 aliphatic carbocycles. The SMILES string of the molecule is C=C(C)C[C@@H]([NH2+][C@H](C)c1ccco1)c1ccccc1. The number of furan rings is 1. The number of benzene rings is 1. The summed E-state index contributed by atoms with van der Waals surface area (Å²) in [6.45, 7) is 8.31. The molecule has 0 saturated heterocycles. The molecule has 1 aromatic carbocycles. The number of quaternary nitrogens is 1. The highest BCUT2D eigenvalue weighted by atomic mass is 16.3. The summed E-state index contributed by atoms with van der Waals surface area (Å²) in [6.07, 6.45) is 2.71. The first-order chi connectivity index (χ1) is 9.16. The van der Waals surface area contributed by atoms with E-state index in [1.54, 1.807) is 6.26 Å². The monoisotopic (exact) mass is 256 g/mol. The van der Waals surface area contributed by atoms with E-state index >= 15 is 0 Å². The van der Waals surface area contributed by atoms with Crippen molar-refractivity contribution in [2.24, 2.45) is 0 Å². The maximum Gasteiger partial charge on any atom is 0.160 e. The highest BCUT2D eigenvalue weighted by Gasteiger charge is 2.20. The Bertz CT molecular complexity index is 501. The Labute approximate surface area is 115 Å². The predicted octanol–water partition coefficient (Wildman–Crippen LogP) is 3.61. The molecule has 2 rings (SSSR count). The molecule has 0 spiro atoms. The van der Waals surface area contributed by atoms with Crippen molar-refractivity contribution in [1.29, 1.82) is 0 Å². The third-order valence-electron chi connectivity index (χ3n) is 3.31. The van der Waals surface area contributed by atoms with Gasteiger partial charge in [-0.05, 0) is 26.0 Å². The first kappa shape index (κ1) is 13.6. The topological polar surface area (TPSA) is 29.8 Å². The van der Waals surface area contributed by atoms with Crippen molar-refractivity contribution in [2.75, 3.05) is 0 Å². The molecule has 0 radical (unpaired) electrons. The molecule has 1 heterocycles. The van der Waals surface area contributed by atoms with Crippen LogP contribution in [0.3, 0.4) is 0 Å². The van der Waals surface area contributed by atoms with Crippen molar-refractivity contribution in [3.8, 4) is 0 Å². The second-order valence-corrected chi connectivity index (χ2v) is 5.17. The molecule has 0 fully saturated rings. The minimum atomic E-state index is 0.305. The maximum atomic E-state index is 5.48. The Hall–Kier alpha value is -1.80. The van der Waals surface area contributed by atoms with E-state index in [-0.39, 0.29) is 0 Å². The van der Waals surface area contributed by atoms with Gasteiger partial charge in [-0.2, -0.15) is 0 Å². The van der Waals surface area contributed by atoms with Crippen LogP contribution < -0.4 is 5.32 Å². The van der Waals surface area contributed by atoms with Crippen LogP contribution in [0.5, 0.6) is 0 Å². The fourth-order valence-electron chi connectivity index (χ4n) is 2.37. The van der Waals surface area contributed by atoms with Gasteiger partial charge >= 0.3 is 0 Å². The van der Waals surface area contributed by atoms with Gasteiger partial charge < -0.3 is 9.73 Å². The van der Waals surface area contributed by atoms with Gasteiger partial charge in [0.2, 0.25) is 0 Å². The molecular formula is C17H22NO+. The smallest absolute Gasteiger partial charge is 0.160 e. The lowest BCUT2D eigenvalue weighted by Crippen LogP contribution is -2.85. The Morgan fingerprint density at radius 2 is 1.95 bits per heavy atom. The van der Waals surface area contributed by atoms with Crippen molar-refractivity contribution >= 4 is 0 Å². The molecule has 2 N–H and O–H groups in total. The lowest BCUT2D eigenvalue weighted by atomic mass is 9.99. The zero-order chi connectivity index (χ0) is 13.7. The highest BCUT2D eigenvalue weighted by Crippen LogP contribution is 2.18. The molecule has 100 valence electrons. The molecule has 1 aromatic heterocycles. The quantitative estimate of drug-likeness (QED) is 0.786. The summed E-state index contributed by atoms with van der Waals surface area (Å²) in [5.41, 5.74) is 2.54. The Balaban J connectivity index is 2.12. The third kappa shape index (κ3) is 3.83. The fourth-order valence-corrected chi connectivity index (χ4v) is 2.37. The second-order valence-electron chi connectivity index (χ2n) is 5.17. The summed E-state index contributed by atoms with van der Waals surface area (Å²) in [7, 11) is 0. The predicted molar refractivity (Wildman–Crippen MR) is 77.7 cm³/mol. The first-order valence-corrected chi connectivity index (χ1v) is 6.74. The van der Waals surface area contributed by atoms with E-state index in [1.807, 2.05) is 12.1 Å². The van der Waals surface area contributed by atoms with E-state index in [0.29, 0.717) is 12.1 Å². The van der Waals surface area contributed by atoms with Crippen LogP contribution in [0.15, 0.2) is 65.3 Å². The van der Waals surface area contributed by atoms with Crippen LogP contribution in [0.1, 0.15) is 43.7 Å². The maximum absolute atomic E-state index is 5.48. The summed E-state index contributed by atoms with van der Waals surface area (Å²) in [4.78, 5) is 0. The molecule has 2 nitrogen and oxygen atoms in total. The lowest BCUT2D eigenvalue weighted by Gasteiger charge is -2.19. The standard InChI is InChI=1S/C17H21NO/c1-13(2)12-16(15-8-5-4-6-9-15)18-14(3)17-10-7-11-19-17/h4-11,14,16,18H,1,12H2,2-3H3/p+1/t14-,16-/m1/s1. The Morgan fingerprint density at radius 3 is 2.53 bits per heavy atom. The summed E-state index contributed by atoms with van der Waals surface area (Å²) >= 11 is 0. The van der Waals surface area contributed by atoms with Gasteiger partial charge in [0.15, 0.2) is 5.76 Å². The van der Waals surface area contributed by atoms with Gasteiger partial charge in [-0.15, -0.1) is 0 Å². The van der Waals surface area contributed by atoms with E-state index in [2.05, 4.69) is 56.1 Å². The van der Waals surface area contributed by atoms with Crippen molar-refractivity contribution in [2.45, 2.75) is 32.4 Å². The van der Waals surface area contributed by atoms with E-state index < -0.39 is 0 Å². The number of nitrogens with two attached hydrogens (primary N) is 1. The van der Waals surface area contributed by atoms with Gasteiger partial charge in [-0.3, -0.25) is 0 Å². The average molecular weight is 256 g/mol. The largest absolute Gasteiger partial charge is 0.463 e. The van der Waals surface area contributed by atoms with Crippen LogP contribution in [0, 0.1) is 0 Å². The normalized spacial score (nSPS) is 14.0. The van der Waals surface area contributed by atoms with E-state index in [0.717, 1.165) is 12.2 Å². The zero-order valence-corrected chi connectivity index (χ0v) is 11.7. The summed E-state index contributed by atoms with van der Waals surface area (Å²) in [5, 5.41) is 2.35. The van der Waals surface area contributed by atoms with Crippen molar-refractivity contribution in [3.63, 3.8) is 0 Å². The van der Waals surface area contributed by atoms with E-state index in [1.165, 1.54) is 11.1 Å². The van der Waals surface area contributed by atoms with Gasteiger partial charge in [-0.1, -0.05) is 42.5 Å². The van der Waals surface area contributed by atoms with Gasteiger partial charge in [0.25, 0.3) is 0 Å². The third-order valence-corrected chi connectivity index (χ3v) is 3.31. The molecule has 0 amide bonds.